The number of carbonyl (C=O) groups excluding carboxylic acids is 1. The smallest absolute Gasteiger partial charge is 0.344 e. The fraction of sp³-hybridized carbons (Fsp3) is 0.180. The van der Waals surface area contributed by atoms with E-state index in [-0.39, 0.29) is 12.6 Å². The average Bonchev–Trinajstić information content (AvgIpc) is 3.95. The Bertz CT molecular complexity index is 2510. The maximum Gasteiger partial charge on any atom is 0.344 e. The Morgan fingerprint density at radius 3 is 1.73 bits per heavy atom. The zero-order valence-electron chi connectivity index (χ0n) is 33.6. The first kappa shape index (κ1) is 38.7. The number of aromatic nitrogens is 6. The average molecular weight is 778 g/mol. The van der Waals surface area contributed by atoms with Crippen molar-refractivity contribution in [2.24, 2.45) is 0 Å². The van der Waals surface area contributed by atoms with Crippen LogP contribution < -0.4 is 4.90 Å². The number of ether oxygens (including phenoxy) is 1. The first-order valence-corrected chi connectivity index (χ1v) is 20.3. The number of aryl methyl sites for hydroxylation is 1. The van der Waals surface area contributed by atoms with Gasteiger partial charge in [-0.2, -0.15) is 5.10 Å². The lowest BCUT2D eigenvalue weighted by Gasteiger charge is -2.36. The maximum atomic E-state index is 13.7. The first-order valence-electron chi connectivity index (χ1n) is 20.3. The number of anilines is 1. The van der Waals surface area contributed by atoms with Gasteiger partial charge in [0.15, 0.2) is 11.6 Å². The molecule has 59 heavy (non-hydrogen) atoms. The van der Waals surface area contributed by atoms with Gasteiger partial charge < -0.3 is 9.64 Å². The zero-order chi connectivity index (χ0) is 40.6. The lowest BCUT2D eigenvalue weighted by molar-refractivity contribution is 0.0528. The second-order valence-electron chi connectivity index (χ2n) is 14.3. The molecule has 8 rings (SSSR count). The molecule has 0 aliphatic heterocycles. The molecule has 2 heterocycles. The molecule has 0 spiro atoms. The van der Waals surface area contributed by atoms with E-state index in [2.05, 4.69) is 126 Å². The molecule has 0 saturated heterocycles. The number of hydrogen-bond acceptors (Lipinski definition) is 7. The van der Waals surface area contributed by atoms with Gasteiger partial charge in [-0.3, -0.25) is 4.68 Å². The summed E-state index contributed by atoms with van der Waals surface area (Å²) in [6.45, 7) is 8.17. The Labute approximate surface area is 345 Å². The van der Waals surface area contributed by atoms with Crippen molar-refractivity contribution in [3.05, 3.63) is 198 Å². The number of benzene rings is 6. The van der Waals surface area contributed by atoms with Crippen LogP contribution in [0.3, 0.4) is 0 Å². The first-order chi connectivity index (χ1) is 29.1. The summed E-state index contributed by atoms with van der Waals surface area (Å²) in [7, 11) is 0. The van der Waals surface area contributed by atoms with Crippen molar-refractivity contribution in [2.45, 2.75) is 45.8 Å². The predicted molar refractivity (Wildman–Crippen MR) is 234 cm³/mol. The van der Waals surface area contributed by atoms with Crippen LogP contribution in [0, 0.1) is 0 Å². The van der Waals surface area contributed by atoms with Gasteiger partial charge in [-0.1, -0.05) is 177 Å². The fourth-order valence-electron chi connectivity index (χ4n) is 8.14. The summed E-state index contributed by atoms with van der Waals surface area (Å²) < 4.78 is 9.53. The highest BCUT2D eigenvalue weighted by atomic mass is 16.5. The highest BCUT2D eigenvalue weighted by molar-refractivity contribution is 6.01. The lowest BCUT2D eigenvalue weighted by atomic mass is 9.77. The van der Waals surface area contributed by atoms with Crippen molar-refractivity contribution in [3.63, 3.8) is 0 Å². The van der Waals surface area contributed by atoms with Crippen LogP contribution in [0.4, 0.5) is 5.82 Å². The minimum absolute atomic E-state index is 0.276. The van der Waals surface area contributed by atoms with Crippen LogP contribution >= 0.6 is 0 Å². The van der Waals surface area contributed by atoms with Crippen LogP contribution in [-0.2, 0) is 23.4 Å². The van der Waals surface area contributed by atoms with Crippen LogP contribution in [0.2, 0.25) is 0 Å². The summed E-state index contributed by atoms with van der Waals surface area (Å²) in [5, 5.41) is 18.9. The maximum absolute atomic E-state index is 13.7. The molecule has 8 aromatic rings. The van der Waals surface area contributed by atoms with Gasteiger partial charge in [0.1, 0.15) is 11.1 Å². The Hall–Kier alpha value is -7.13. The quantitative estimate of drug-likeness (QED) is 0.0756. The van der Waals surface area contributed by atoms with E-state index >= 15 is 0 Å². The second-order valence-corrected chi connectivity index (χ2v) is 14.3. The summed E-state index contributed by atoms with van der Waals surface area (Å²) in [6, 6.07) is 58.2. The Kier molecular flexibility index (Phi) is 11.5. The molecule has 0 bridgehead atoms. The molecule has 9 nitrogen and oxygen atoms in total. The minimum atomic E-state index is -0.879. The number of carbonyl (C=O) groups is 1. The third kappa shape index (κ3) is 7.43. The third-order valence-electron chi connectivity index (χ3n) is 10.7. The summed E-state index contributed by atoms with van der Waals surface area (Å²) in [5.74, 6) is 0.904. The van der Waals surface area contributed by atoms with E-state index < -0.39 is 5.54 Å². The minimum Gasteiger partial charge on any atom is -0.462 e. The lowest BCUT2D eigenvalue weighted by Crippen LogP contribution is -2.39. The Morgan fingerprint density at radius 2 is 1.19 bits per heavy atom. The van der Waals surface area contributed by atoms with E-state index in [0.717, 1.165) is 56.6 Å². The second kappa shape index (κ2) is 17.6. The number of hydrogen-bond donors (Lipinski definition) is 0. The van der Waals surface area contributed by atoms with Gasteiger partial charge >= 0.3 is 5.97 Å². The molecule has 0 saturated carbocycles. The van der Waals surface area contributed by atoms with Gasteiger partial charge in [0.2, 0.25) is 0 Å². The number of nitrogens with zero attached hydrogens (tertiary/aromatic N) is 7. The van der Waals surface area contributed by atoms with Crippen molar-refractivity contribution in [1.82, 2.24) is 30.0 Å². The predicted octanol–water partition coefficient (Wildman–Crippen LogP) is 10.3. The van der Waals surface area contributed by atoms with Gasteiger partial charge in [0, 0.05) is 30.8 Å². The van der Waals surface area contributed by atoms with Crippen LogP contribution in [0.25, 0.3) is 33.8 Å². The molecule has 9 heteroatoms. The summed E-state index contributed by atoms with van der Waals surface area (Å²) in [6.07, 6.45) is 0.874. The van der Waals surface area contributed by atoms with Crippen LogP contribution in [0.1, 0.15) is 59.8 Å². The molecule has 0 N–H and O–H groups in total. The SMILES string of the molecule is CCCN(Cc1ccc(-c2ccccc2-c2nnnn2C(c2ccccc2)(c2ccccc2)c2ccccc2)cc1)c1nn(CC)c(-c2ccccc2)c1C(=O)OCC. The molecule has 0 unspecified atom stereocenters. The van der Waals surface area contributed by atoms with E-state index in [9.17, 15) is 4.79 Å². The Morgan fingerprint density at radius 1 is 0.644 bits per heavy atom. The molecule has 0 amide bonds. The molecule has 0 aliphatic carbocycles. The normalized spacial score (nSPS) is 11.4. The highest BCUT2D eigenvalue weighted by Gasteiger charge is 2.42. The number of esters is 1. The summed E-state index contributed by atoms with van der Waals surface area (Å²) in [4.78, 5) is 15.9. The molecule has 0 atom stereocenters. The monoisotopic (exact) mass is 777 g/mol. The van der Waals surface area contributed by atoms with Gasteiger partial charge in [-0.15, -0.1) is 5.10 Å². The molecule has 0 fully saturated rings. The standard InChI is InChI=1S/C50H47N7O2/c1-4-35-55(48-45(49(58)59-6-3)46(56(5-2)52-48)39-21-11-7-12-22-39)36-37-31-33-38(34-32-37)43-29-19-20-30-44(43)47-51-53-54-57(47)50(40-23-13-8-14-24-40,41-25-15-9-16-26-41)42-27-17-10-18-28-42/h7-34H,4-6,35-36H2,1-3H3. The van der Waals surface area contributed by atoms with Crippen molar-refractivity contribution < 1.29 is 9.53 Å². The largest absolute Gasteiger partial charge is 0.462 e. The van der Waals surface area contributed by atoms with E-state index in [1.807, 2.05) is 83.9 Å². The molecule has 0 aliphatic rings. The van der Waals surface area contributed by atoms with E-state index in [1.54, 1.807) is 0 Å². The zero-order valence-corrected chi connectivity index (χ0v) is 33.6. The Balaban J connectivity index is 1.19. The van der Waals surface area contributed by atoms with Gasteiger partial charge in [0.25, 0.3) is 0 Å². The van der Waals surface area contributed by atoms with Crippen LogP contribution in [0.5, 0.6) is 0 Å². The summed E-state index contributed by atoms with van der Waals surface area (Å²) >= 11 is 0. The van der Waals surface area contributed by atoms with Crippen molar-refractivity contribution in [1.29, 1.82) is 0 Å². The molecule has 0 radical (unpaired) electrons. The van der Waals surface area contributed by atoms with Gasteiger partial charge in [-0.25, -0.2) is 9.48 Å². The molecule has 294 valence electrons. The van der Waals surface area contributed by atoms with E-state index in [1.165, 1.54) is 0 Å². The van der Waals surface area contributed by atoms with Crippen molar-refractivity contribution in [2.75, 3.05) is 18.1 Å². The van der Waals surface area contributed by atoms with E-state index in [4.69, 9.17) is 20.1 Å². The van der Waals surface area contributed by atoms with E-state index in [0.29, 0.717) is 36.8 Å². The third-order valence-corrected chi connectivity index (χ3v) is 10.7. The number of rotatable bonds is 15. The number of tetrazole rings is 1. The molecule has 2 aromatic heterocycles. The topological polar surface area (TPSA) is 91.0 Å². The molecular formula is C50H47N7O2. The van der Waals surface area contributed by atoms with Gasteiger partial charge in [-0.05, 0) is 64.1 Å². The van der Waals surface area contributed by atoms with Crippen molar-refractivity contribution in [3.8, 4) is 33.8 Å². The molecular weight excluding hydrogens is 731 g/mol. The van der Waals surface area contributed by atoms with Crippen molar-refractivity contribution >= 4 is 11.8 Å². The molecule has 6 aromatic carbocycles. The van der Waals surface area contributed by atoms with Crippen LogP contribution in [0.15, 0.2) is 170 Å². The fourth-order valence-corrected chi connectivity index (χ4v) is 8.14. The van der Waals surface area contributed by atoms with Gasteiger partial charge in [0.05, 0.1) is 12.3 Å². The summed E-state index contributed by atoms with van der Waals surface area (Å²) in [5.41, 5.74) is 8.45. The highest BCUT2D eigenvalue weighted by Crippen LogP contribution is 2.43. The van der Waals surface area contributed by atoms with Crippen LogP contribution in [-0.4, -0.2) is 49.1 Å².